The number of methoxy groups -OCH3 is 1. The Bertz CT molecular complexity index is 1250. The fourth-order valence-electron chi connectivity index (χ4n) is 2.95. The van der Waals surface area contributed by atoms with Gasteiger partial charge >= 0.3 is 0 Å². The van der Waals surface area contributed by atoms with E-state index in [1.54, 1.807) is 31.4 Å². The Kier molecular flexibility index (Phi) is 5.60. The van der Waals surface area contributed by atoms with E-state index in [0.717, 1.165) is 11.1 Å². The molecule has 30 heavy (non-hydrogen) atoms. The molecular weight excluding hydrogens is 402 g/mol. The van der Waals surface area contributed by atoms with Crippen molar-refractivity contribution in [2.24, 2.45) is 0 Å². The molecule has 8 heteroatoms. The number of nitrogens with one attached hydrogen (secondary N) is 1. The van der Waals surface area contributed by atoms with Crippen LogP contribution in [0.5, 0.6) is 5.75 Å². The Morgan fingerprint density at radius 2 is 1.67 bits per heavy atom. The molecule has 1 N–H and O–H groups in total. The topological polar surface area (TPSA) is 94.3 Å². The minimum Gasteiger partial charge on any atom is -0.496 e. The number of aromatic nitrogens is 2. The van der Waals surface area contributed by atoms with Crippen molar-refractivity contribution in [2.45, 2.75) is 11.4 Å². The minimum atomic E-state index is -3.75. The molecule has 1 heterocycles. The Morgan fingerprint density at radius 3 is 2.47 bits per heavy atom. The van der Waals surface area contributed by atoms with E-state index in [0.29, 0.717) is 17.1 Å². The highest BCUT2D eigenvalue weighted by Gasteiger charge is 2.18. The van der Waals surface area contributed by atoms with E-state index in [-0.39, 0.29) is 17.3 Å². The number of hydrogen-bond acceptors (Lipinski definition) is 6. The van der Waals surface area contributed by atoms with Gasteiger partial charge in [0.25, 0.3) is 5.89 Å². The van der Waals surface area contributed by atoms with Crippen LogP contribution in [0.25, 0.3) is 22.8 Å². The number of para-hydroxylation sites is 1. The van der Waals surface area contributed by atoms with Crippen LogP contribution in [0.1, 0.15) is 5.56 Å². The number of benzene rings is 3. The summed E-state index contributed by atoms with van der Waals surface area (Å²) in [7, 11) is -2.21. The first-order valence-electron chi connectivity index (χ1n) is 9.18. The predicted molar refractivity (Wildman–Crippen MR) is 112 cm³/mol. The molecule has 0 radical (unpaired) electrons. The van der Waals surface area contributed by atoms with Crippen LogP contribution in [0.2, 0.25) is 0 Å². The number of rotatable bonds is 7. The lowest BCUT2D eigenvalue weighted by atomic mass is 10.2. The average molecular weight is 421 g/mol. The lowest BCUT2D eigenvalue weighted by Crippen LogP contribution is -2.23. The van der Waals surface area contributed by atoms with Gasteiger partial charge in [-0.15, -0.1) is 0 Å². The summed E-state index contributed by atoms with van der Waals surface area (Å²) in [4.78, 5) is 4.49. The zero-order chi connectivity index (χ0) is 21.0. The van der Waals surface area contributed by atoms with Crippen LogP contribution < -0.4 is 9.46 Å². The van der Waals surface area contributed by atoms with Gasteiger partial charge in [0.2, 0.25) is 15.8 Å². The minimum absolute atomic E-state index is 0.106. The normalized spacial score (nSPS) is 11.4. The van der Waals surface area contributed by atoms with Crippen molar-refractivity contribution in [2.75, 3.05) is 7.11 Å². The molecule has 4 rings (SSSR count). The van der Waals surface area contributed by atoms with Gasteiger partial charge in [0.1, 0.15) is 5.75 Å². The summed E-state index contributed by atoms with van der Waals surface area (Å²) in [5.74, 6) is 1.30. The van der Waals surface area contributed by atoms with Crippen molar-refractivity contribution in [3.05, 3.63) is 84.4 Å². The lowest BCUT2D eigenvalue weighted by molar-refractivity contribution is 0.409. The summed E-state index contributed by atoms with van der Waals surface area (Å²) in [6.07, 6.45) is 0. The fraction of sp³-hybridized carbons (Fsp3) is 0.0909. The van der Waals surface area contributed by atoms with Gasteiger partial charge in [-0.25, -0.2) is 13.1 Å². The third-order valence-electron chi connectivity index (χ3n) is 4.49. The summed E-state index contributed by atoms with van der Waals surface area (Å²) >= 11 is 0. The van der Waals surface area contributed by atoms with E-state index in [4.69, 9.17) is 9.26 Å². The Labute approximate surface area is 174 Å². The molecule has 0 aliphatic heterocycles. The second-order valence-electron chi connectivity index (χ2n) is 6.45. The molecule has 0 unspecified atom stereocenters. The highest BCUT2D eigenvalue weighted by molar-refractivity contribution is 7.89. The van der Waals surface area contributed by atoms with Crippen molar-refractivity contribution >= 4 is 10.0 Å². The Balaban J connectivity index is 1.56. The van der Waals surface area contributed by atoms with Gasteiger partial charge in [-0.2, -0.15) is 4.98 Å². The van der Waals surface area contributed by atoms with E-state index < -0.39 is 10.0 Å². The quantitative estimate of drug-likeness (QED) is 0.486. The number of sulfonamides is 1. The molecule has 3 aromatic carbocycles. The van der Waals surface area contributed by atoms with E-state index in [1.165, 1.54) is 12.1 Å². The van der Waals surface area contributed by atoms with Crippen molar-refractivity contribution < 1.29 is 17.7 Å². The molecule has 0 bridgehead atoms. The molecular formula is C22H19N3O4S. The van der Waals surface area contributed by atoms with Crippen LogP contribution in [0.3, 0.4) is 0 Å². The number of ether oxygens (including phenoxy) is 1. The molecule has 0 saturated heterocycles. The molecule has 0 amide bonds. The van der Waals surface area contributed by atoms with E-state index in [1.807, 2.05) is 42.5 Å². The largest absolute Gasteiger partial charge is 0.496 e. The molecule has 1 aromatic heterocycles. The second kappa shape index (κ2) is 8.48. The first-order valence-corrected chi connectivity index (χ1v) is 10.7. The zero-order valence-electron chi connectivity index (χ0n) is 16.1. The molecule has 0 fully saturated rings. The summed E-state index contributed by atoms with van der Waals surface area (Å²) < 4.78 is 38.8. The third kappa shape index (κ3) is 4.24. The van der Waals surface area contributed by atoms with Gasteiger partial charge in [-0.3, -0.25) is 0 Å². The maximum Gasteiger partial charge on any atom is 0.258 e. The third-order valence-corrected chi connectivity index (χ3v) is 5.89. The van der Waals surface area contributed by atoms with Crippen LogP contribution in [0, 0.1) is 0 Å². The summed E-state index contributed by atoms with van der Waals surface area (Å²) in [5.41, 5.74) is 2.07. The molecule has 0 atom stereocenters. The van der Waals surface area contributed by atoms with Crippen LogP contribution >= 0.6 is 0 Å². The molecule has 0 aliphatic rings. The summed E-state index contributed by atoms with van der Waals surface area (Å²) in [6.45, 7) is 0.106. The van der Waals surface area contributed by atoms with Gasteiger partial charge in [-0.05, 0) is 24.3 Å². The summed E-state index contributed by atoms with van der Waals surface area (Å²) in [6, 6.07) is 23.0. The number of nitrogens with zero attached hydrogens (tertiary/aromatic N) is 2. The van der Waals surface area contributed by atoms with Crippen LogP contribution in [-0.4, -0.2) is 25.7 Å². The number of hydrogen-bond donors (Lipinski definition) is 1. The molecule has 0 aliphatic carbocycles. The van der Waals surface area contributed by atoms with E-state index in [2.05, 4.69) is 14.9 Å². The smallest absolute Gasteiger partial charge is 0.258 e. The molecule has 7 nitrogen and oxygen atoms in total. The maximum atomic E-state index is 12.8. The van der Waals surface area contributed by atoms with E-state index >= 15 is 0 Å². The van der Waals surface area contributed by atoms with Gasteiger partial charge in [0.15, 0.2) is 0 Å². The Hall–Kier alpha value is -3.49. The van der Waals surface area contributed by atoms with Crippen LogP contribution in [0.15, 0.2) is 88.3 Å². The molecule has 0 saturated carbocycles. The maximum absolute atomic E-state index is 12.8. The fourth-order valence-corrected chi connectivity index (χ4v) is 4.00. The van der Waals surface area contributed by atoms with Gasteiger partial charge < -0.3 is 9.26 Å². The standard InChI is InChI=1S/C22H19N3O4S/c1-28-20-13-6-5-10-18(20)15-23-30(26,27)19-12-7-11-17(14-19)22-24-21(25-29-22)16-8-3-2-4-9-16/h2-14,23H,15H2,1H3. The van der Waals surface area contributed by atoms with Crippen molar-refractivity contribution in [3.8, 4) is 28.6 Å². The monoisotopic (exact) mass is 421 g/mol. The van der Waals surface area contributed by atoms with Gasteiger partial charge in [0, 0.05) is 23.2 Å². The zero-order valence-corrected chi connectivity index (χ0v) is 17.0. The highest BCUT2D eigenvalue weighted by Crippen LogP contribution is 2.24. The van der Waals surface area contributed by atoms with Crippen molar-refractivity contribution in [1.82, 2.24) is 14.9 Å². The highest BCUT2D eigenvalue weighted by atomic mass is 32.2. The average Bonchev–Trinajstić information content (AvgIpc) is 3.29. The van der Waals surface area contributed by atoms with Crippen molar-refractivity contribution in [1.29, 1.82) is 0 Å². The first kappa shape index (κ1) is 19.8. The van der Waals surface area contributed by atoms with Crippen LogP contribution in [0.4, 0.5) is 0 Å². The molecule has 152 valence electrons. The first-order chi connectivity index (χ1) is 14.6. The van der Waals surface area contributed by atoms with Gasteiger partial charge in [-0.1, -0.05) is 59.8 Å². The second-order valence-corrected chi connectivity index (χ2v) is 8.22. The van der Waals surface area contributed by atoms with Crippen LogP contribution in [-0.2, 0) is 16.6 Å². The van der Waals surface area contributed by atoms with Gasteiger partial charge in [0.05, 0.1) is 12.0 Å². The molecule has 4 aromatic rings. The Morgan fingerprint density at radius 1 is 0.933 bits per heavy atom. The summed E-state index contributed by atoms with van der Waals surface area (Å²) in [5, 5.41) is 3.98. The van der Waals surface area contributed by atoms with Crippen molar-refractivity contribution in [3.63, 3.8) is 0 Å². The lowest BCUT2D eigenvalue weighted by Gasteiger charge is -2.10. The molecule has 0 spiro atoms. The van der Waals surface area contributed by atoms with E-state index in [9.17, 15) is 8.42 Å². The SMILES string of the molecule is COc1ccccc1CNS(=O)(=O)c1cccc(-c2nc(-c3ccccc3)no2)c1. The predicted octanol–water partition coefficient (Wildman–Crippen LogP) is 3.89.